The van der Waals surface area contributed by atoms with Crippen LogP contribution in [-0.2, 0) is 0 Å². The van der Waals surface area contributed by atoms with E-state index in [4.69, 9.17) is 0 Å². The van der Waals surface area contributed by atoms with Crippen molar-refractivity contribution in [1.29, 1.82) is 0 Å². The van der Waals surface area contributed by atoms with Crippen molar-refractivity contribution < 1.29 is 9.50 Å². The van der Waals surface area contributed by atoms with Gasteiger partial charge in [-0.3, -0.25) is 0 Å². The van der Waals surface area contributed by atoms with Crippen LogP contribution in [0.1, 0.15) is 39.0 Å². The molecule has 0 aromatic carbocycles. The molecule has 0 atom stereocenters. The summed E-state index contributed by atoms with van der Waals surface area (Å²) in [5.74, 6) is 1.03. The van der Waals surface area contributed by atoms with Crippen molar-refractivity contribution in [3.63, 3.8) is 0 Å². The zero-order valence-electron chi connectivity index (χ0n) is 10.8. The van der Waals surface area contributed by atoms with E-state index in [1.165, 1.54) is 18.7 Å². The third-order valence-corrected chi connectivity index (χ3v) is 3.94. The fourth-order valence-electron chi connectivity index (χ4n) is 2.54. The zero-order chi connectivity index (χ0) is 13.0. The number of aromatic nitrogens is 1. The molecule has 0 bridgehead atoms. The molecule has 1 aromatic rings. The number of hydrogen-bond acceptors (Lipinski definition) is 3. The van der Waals surface area contributed by atoms with Crippen molar-refractivity contribution in [3.05, 3.63) is 24.1 Å². The molecule has 2 rings (SSSR count). The first kappa shape index (κ1) is 13.3. The zero-order valence-corrected chi connectivity index (χ0v) is 10.8. The van der Waals surface area contributed by atoms with Gasteiger partial charge in [-0.25, -0.2) is 9.37 Å². The van der Waals surface area contributed by atoms with Crippen LogP contribution in [0.3, 0.4) is 0 Å². The number of halogens is 1. The Morgan fingerprint density at radius 1 is 1.44 bits per heavy atom. The van der Waals surface area contributed by atoms with Crippen LogP contribution in [-0.4, -0.2) is 22.2 Å². The van der Waals surface area contributed by atoms with Gasteiger partial charge in [-0.05, 0) is 43.7 Å². The monoisotopic (exact) mass is 252 g/mol. The second kappa shape index (κ2) is 5.65. The Labute approximate surface area is 107 Å². The Bertz CT molecular complexity index is 372. The Hall–Kier alpha value is -1.16. The highest BCUT2D eigenvalue weighted by atomic mass is 19.1. The van der Waals surface area contributed by atoms with Crippen molar-refractivity contribution in [2.45, 2.75) is 44.6 Å². The fourth-order valence-corrected chi connectivity index (χ4v) is 2.54. The van der Waals surface area contributed by atoms with Crippen LogP contribution in [0.4, 0.5) is 10.2 Å². The van der Waals surface area contributed by atoms with Gasteiger partial charge in [-0.1, -0.05) is 13.3 Å². The Morgan fingerprint density at radius 2 is 2.17 bits per heavy atom. The smallest absolute Gasteiger partial charge is 0.141 e. The molecule has 0 radical (unpaired) electrons. The molecule has 2 N–H and O–H groups in total. The highest BCUT2D eigenvalue weighted by Crippen LogP contribution is 2.33. The molecule has 4 heteroatoms. The molecule has 100 valence electrons. The largest absolute Gasteiger partial charge is 0.388 e. The average molecular weight is 252 g/mol. The molecule has 1 aliphatic rings. The molecule has 0 saturated heterocycles. The molecule has 18 heavy (non-hydrogen) atoms. The van der Waals surface area contributed by atoms with Gasteiger partial charge >= 0.3 is 0 Å². The lowest BCUT2D eigenvalue weighted by atomic mass is 9.78. The highest BCUT2D eigenvalue weighted by Gasteiger charge is 2.32. The van der Waals surface area contributed by atoms with E-state index in [0.717, 1.165) is 31.6 Å². The molecule has 0 unspecified atom stereocenters. The standard InChI is InChI=1S/C14H21FN2O/c1-2-11-5-7-14(18,8-6-11)10-17-13-4-3-12(15)9-16-13/h3-4,9,11,18H,2,5-8,10H2,1H3,(H,16,17). The quantitative estimate of drug-likeness (QED) is 0.866. The van der Waals surface area contributed by atoms with Gasteiger partial charge in [0.1, 0.15) is 11.6 Å². The van der Waals surface area contributed by atoms with Gasteiger partial charge in [-0.2, -0.15) is 0 Å². The minimum Gasteiger partial charge on any atom is -0.388 e. The minimum absolute atomic E-state index is 0.345. The van der Waals surface area contributed by atoms with E-state index < -0.39 is 5.60 Å². The Morgan fingerprint density at radius 3 is 2.72 bits per heavy atom. The summed E-state index contributed by atoms with van der Waals surface area (Å²) in [7, 11) is 0. The number of rotatable bonds is 4. The predicted molar refractivity (Wildman–Crippen MR) is 69.9 cm³/mol. The Kier molecular flexibility index (Phi) is 4.17. The molecule has 0 aliphatic heterocycles. The number of pyridine rings is 1. The van der Waals surface area contributed by atoms with Crippen molar-refractivity contribution in [2.24, 2.45) is 5.92 Å². The second-order valence-corrected chi connectivity index (χ2v) is 5.29. The van der Waals surface area contributed by atoms with Gasteiger partial charge in [0.25, 0.3) is 0 Å². The van der Waals surface area contributed by atoms with E-state index in [1.54, 1.807) is 6.07 Å². The molecule has 1 aromatic heterocycles. The van der Waals surface area contributed by atoms with E-state index in [1.807, 2.05) is 0 Å². The summed E-state index contributed by atoms with van der Waals surface area (Å²) < 4.78 is 12.7. The van der Waals surface area contributed by atoms with Crippen molar-refractivity contribution >= 4 is 5.82 Å². The fraction of sp³-hybridized carbons (Fsp3) is 0.643. The van der Waals surface area contributed by atoms with E-state index in [0.29, 0.717) is 12.4 Å². The molecule has 0 amide bonds. The lowest BCUT2D eigenvalue weighted by Crippen LogP contribution is -2.40. The van der Waals surface area contributed by atoms with Crippen molar-refractivity contribution in [3.8, 4) is 0 Å². The maximum atomic E-state index is 12.7. The topological polar surface area (TPSA) is 45.1 Å². The summed E-state index contributed by atoms with van der Waals surface area (Å²) in [6.45, 7) is 2.69. The molecule has 0 spiro atoms. The van der Waals surface area contributed by atoms with Crippen LogP contribution in [0.15, 0.2) is 18.3 Å². The van der Waals surface area contributed by atoms with Crippen molar-refractivity contribution in [1.82, 2.24) is 4.98 Å². The number of nitrogens with one attached hydrogen (secondary N) is 1. The first-order valence-electron chi connectivity index (χ1n) is 6.69. The number of nitrogens with zero attached hydrogens (tertiary/aromatic N) is 1. The van der Waals surface area contributed by atoms with Gasteiger partial charge in [0.2, 0.25) is 0 Å². The summed E-state index contributed by atoms with van der Waals surface area (Å²) in [5.41, 5.74) is -0.637. The number of aliphatic hydroxyl groups is 1. The maximum Gasteiger partial charge on any atom is 0.141 e. The first-order valence-corrected chi connectivity index (χ1v) is 6.69. The van der Waals surface area contributed by atoms with Crippen LogP contribution in [0.2, 0.25) is 0 Å². The molecule has 1 aliphatic carbocycles. The van der Waals surface area contributed by atoms with Gasteiger partial charge < -0.3 is 10.4 Å². The number of hydrogen-bond donors (Lipinski definition) is 2. The van der Waals surface area contributed by atoms with Crippen LogP contribution < -0.4 is 5.32 Å². The van der Waals surface area contributed by atoms with E-state index >= 15 is 0 Å². The summed E-state index contributed by atoms with van der Waals surface area (Å²) >= 11 is 0. The normalized spacial score (nSPS) is 28.1. The number of anilines is 1. The minimum atomic E-state index is -0.637. The SMILES string of the molecule is CCC1CCC(O)(CNc2ccc(F)cn2)CC1. The molecule has 1 saturated carbocycles. The second-order valence-electron chi connectivity index (χ2n) is 5.29. The van der Waals surface area contributed by atoms with E-state index in [2.05, 4.69) is 17.2 Å². The van der Waals surface area contributed by atoms with Gasteiger partial charge in [-0.15, -0.1) is 0 Å². The maximum absolute atomic E-state index is 12.7. The van der Waals surface area contributed by atoms with Crippen LogP contribution in [0.25, 0.3) is 0 Å². The average Bonchev–Trinajstić information content (AvgIpc) is 2.39. The van der Waals surface area contributed by atoms with Gasteiger partial charge in [0, 0.05) is 6.54 Å². The first-order chi connectivity index (χ1) is 8.61. The lowest BCUT2D eigenvalue weighted by molar-refractivity contribution is 0.00223. The van der Waals surface area contributed by atoms with Crippen molar-refractivity contribution in [2.75, 3.05) is 11.9 Å². The molecule has 1 fully saturated rings. The highest BCUT2D eigenvalue weighted by molar-refractivity contribution is 5.34. The lowest BCUT2D eigenvalue weighted by Gasteiger charge is -2.36. The molecular formula is C14H21FN2O. The van der Waals surface area contributed by atoms with E-state index in [-0.39, 0.29) is 5.82 Å². The van der Waals surface area contributed by atoms with Crippen LogP contribution >= 0.6 is 0 Å². The van der Waals surface area contributed by atoms with Gasteiger partial charge in [0.05, 0.1) is 11.8 Å². The molecule has 3 nitrogen and oxygen atoms in total. The Balaban J connectivity index is 1.84. The summed E-state index contributed by atoms with van der Waals surface area (Å²) in [6, 6.07) is 2.96. The third-order valence-electron chi connectivity index (χ3n) is 3.94. The molecular weight excluding hydrogens is 231 g/mol. The summed E-state index contributed by atoms with van der Waals surface area (Å²) in [6.07, 6.45) is 6.22. The van der Waals surface area contributed by atoms with Gasteiger partial charge in [0.15, 0.2) is 0 Å². The summed E-state index contributed by atoms with van der Waals surface area (Å²) in [4.78, 5) is 3.93. The van der Waals surface area contributed by atoms with Crippen LogP contribution in [0, 0.1) is 11.7 Å². The van der Waals surface area contributed by atoms with Crippen LogP contribution in [0.5, 0.6) is 0 Å². The third kappa shape index (κ3) is 3.42. The summed E-state index contributed by atoms with van der Waals surface area (Å²) in [5, 5.41) is 13.5. The molecule has 1 heterocycles. The predicted octanol–water partition coefficient (Wildman–Crippen LogP) is 2.96. The van der Waals surface area contributed by atoms with E-state index in [9.17, 15) is 9.50 Å².